The first kappa shape index (κ1) is 19.1. The number of benzene rings is 1. The molecule has 0 aromatic heterocycles. The molecule has 0 spiro atoms. The van der Waals surface area contributed by atoms with Gasteiger partial charge < -0.3 is 9.47 Å². The number of urea groups is 1. The summed E-state index contributed by atoms with van der Waals surface area (Å²) < 4.78 is 34.9. The molecule has 1 aliphatic heterocycles. The molecule has 1 saturated heterocycles. The number of rotatable bonds is 4. The number of nitrogens with one attached hydrogen (secondary N) is 2. The summed E-state index contributed by atoms with van der Waals surface area (Å²) in [6.07, 6.45) is -1.40. The van der Waals surface area contributed by atoms with Crippen molar-refractivity contribution in [3.8, 4) is 5.75 Å². The van der Waals surface area contributed by atoms with Crippen molar-refractivity contribution in [3.05, 3.63) is 24.3 Å². The highest BCUT2D eigenvalue weighted by Crippen LogP contribution is 2.29. The second kappa shape index (κ2) is 7.33. The fraction of sp³-hybridized carbons (Fsp3) is 0.385. The summed E-state index contributed by atoms with van der Waals surface area (Å²) in [5.41, 5.74) is 2.69. The van der Waals surface area contributed by atoms with E-state index < -0.39 is 38.5 Å². The Labute approximate surface area is 143 Å². The molecule has 1 aromatic carbocycles. The lowest BCUT2D eigenvalue weighted by molar-refractivity contribution is -0.740. The van der Waals surface area contributed by atoms with Crippen molar-refractivity contribution in [2.24, 2.45) is 0 Å². The Hall–Kier alpha value is -2.25. The highest BCUT2D eigenvalue weighted by atomic mass is 32.2. The van der Waals surface area contributed by atoms with Crippen LogP contribution in [0, 0.1) is 0 Å². The Morgan fingerprint density at radius 1 is 1.24 bits per heavy atom. The standard InChI is InChI=1S/C13H17N3O8S/c1-23-9-2-4-10(5-3-9)25(21,22)16(13(18)15-20)6-7-24-11(8-16)12(17)14-19/h2-5,11H,6-8H2,1H3,(H3-,14,15,17,18,19,20)/p+1/t11-,16?/m0/s1. The van der Waals surface area contributed by atoms with Crippen LogP contribution in [0.1, 0.15) is 0 Å². The van der Waals surface area contributed by atoms with Crippen LogP contribution in [0.3, 0.4) is 0 Å². The van der Waals surface area contributed by atoms with E-state index in [0.29, 0.717) is 5.75 Å². The van der Waals surface area contributed by atoms with Crippen LogP contribution < -0.4 is 15.7 Å². The van der Waals surface area contributed by atoms with Gasteiger partial charge in [-0.3, -0.25) is 15.2 Å². The number of carbonyl (C=O) groups excluding carboxylic acids is 2. The quantitative estimate of drug-likeness (QED) is 0.303. The zero-order chi connectivity index (χ0) is 18.7. The number of nitrogens with zero attached hydrogens (tertiary/aromatic N) is 1. The van der Waals surface area contributed by atoms with Gasteiger partial charge >= 0.3 is 16.1 Å². The van der Waals surface area contributed by atoms with E-state index >= 15 is 0 Å². The van der Waals surface area contributed by atoms with Gasteiger partial charge in [-0.1, -0.05) is 0 Å². The molecule has 2 atom stereocenters. The number of methoxy groups -OCH3 is 1. The van der Waals surface area contributed by atoms with E-state index in [1.165, 1.54) is 42.3 Å². The molecule has 0 bridgehead atoms. The van der Waals surface area contributed by atoms with Gasteiger partial charge in [-0.2, -0.15) is 13.9 Å². The maximum absolute atomic E-state index is 13.1. The molecule has 0 saturated carbocycles. The molecule has 11 nitrogen and oxygen atoms in total. The number of hydroxylamine groups is 2. The monoisotopic (exact) mass is 376 g/mol. The molecule has 1 heterocycles. The van der Waals surface area contributed by atoms with Gasteiger partial charge in [0.25, 0.3) is 5.91 Å². The van der Waals surface area contributed by atoms with Crippen molar-refractivity contribution in [2.45, 2.75) is 11.0 Å². The first-order chi connectivity index (χ1) is 11.8. The first-order valence-electron chi connectivity index (χ1n) is 7.09. The minimum absolute atomic E-state index is 0.207. The van der Waals surface area contributed by atoms with Crippen molar-refractivity contribution in [3.63, 3.8) is 0 Å². The third-order valence-electron chi connectivity index (χ3n) is 3.92. The first-order valence-corrected chi connectivity index (χ1v) is 8.53. The molecule has 1 aliphatic rings. The smallest absolute Gasteiger partial charge is 0.455 e. The molecule has 4 N–H and O–H groups in total. The van der Waals surface area contributed by atoms with Crippen molar-refractivity contribution in [1.29, 1.82) is 0 Å². The summed E-state index contributed by atoms with van der Waals surface area (Å²) in [6, 6.07) is 4.05. The van der Waals surface area contributed by atoms with Crippen LogP contribution in [0.4, 0.5) is 4.79 Å². The summed E-state index contributed by atoms with van der Waals surface area (Å²) >= 11 is 0. The van der Waals surface area contributed by atoms with Gasteiger partial charge in [0.2, 0.25) is 0 Å². The summed E-state index contributed by atoms with van der Waals surface area (Å²) in [5, 5.41) is 17.8. The zero-order valence-electron chi connectivity index (χ0n) is 13.2. The molecule has 2 rings (SSSR count). The topological polar surface area (TPSA) is 151 Å². The van der Waals surface area contributed by atoms with E-state index in [1.807, 2.05) is 0 Å². The van der Waals surface area contributed by atoms with Gasteiger partial charge in [-0.15, -0.1) is 3.89 Å². The van der Waals surface area contributed by atoms with Crippen LogP contribution in [-0.2, 0) is 19.6 Å². The molecule has 0 radical (unpaired) electrons. The molecular formula is C13H18N3O8S+. The number of sulfonamides is 1. The Morgan fingerprint density at radius 2 is 1.88 bits per heavy atom. The molecule has 0 aliphatic carbocycles. The Kier molecular flexibility index (Phi) is 5.59. The molecule has 12 heteroatoms. The van der Waals surface area contributed by atoms with Gasteiger partial charge in [-0.25, -0.2) is 10.3 Å². The average Bonchev–Trinajstić information content (AvgIpc) is 2.66. The summed E-state index contributed by atoms with van der Waals surface area (Å²) in [5.74, 6) is -0.588. The van der Waals surface area contributed by atoms with Gasteiger partial charge in [-0.05, 0) is 24.3 Å². The Morgan fingerprint density at radius 3 is 2.40 bits per heavy atom. The van der Waals surface area contributed by atoms with Crippen molar-refractivity contribution < 1.29 is 41.8 Å². The normalized spacial score (nSPS) is 23.6. The number of morpholine rings is 1. The zero-order valence-corrected chi connectivity index (χ0v) is 14.0. The fourth-order valence-corrected chi connectivity index (χ4v) is 4.33. The fourth-order valence-electron chi connectivity index (χ4n) is 2.54. The van der Waals surface area contributed by atoms with Crippen LogP contribution in [0.5, 0.6) is 5.75 Å². The molecule has 25 heavy (non-hydrogen) atoms. The third kappa shape index (κ3) is 3.29. The van der Waals surface area contributed by atoms with Crippen LogP contribution in [0.25, 0.3) is 0 Å². The van der Waals surface area contributed by atoms with Gasteiger partial charge in [0.15, 0.2) is 6.10 Å². The lowest BCUT2D eigenvalue weighted by Gasteiger charge is -2.38. The van der Waals surface area contributed by atoms with Gasteiger partial charge in [0.05, 0.1) is 13.7 Å². The maximum Gasteiger partial charge on any atom is 0.455 e. The average molecular weight is 376 g/mol. The molecule has 138 valence electrons. The van der Waals surface area contributed by atoms with E-state index in [0.717, 1.165) is 0 Å². The third-order valence-corrected chi connectivity index (χ3v) is 6.20. The predicted molar refractivity (Wildman–Crippen MR) is 80.2 cm³/mol. The molecule has 1 aromatic rings. The number of hydrogen-bond donors (Lipinski definition) is 4. The van der Waals surface area contributed by atoms with E-state index in [-0.39, 0.29) is 18.0 Å². The van der Waals surface area contributed by atoms with Crippen molar-refractivity contribution in [2.75, 3.05) is 26.8 Å². The van der Waals surface area contributed by atoms with Gasteiger partial charge in [0, 0.05) is 0 Å². The summed E-state index contributed by atoms with van der Waals surface area (Å²) in [7, 11) is -2.95. The van der Waals surface area contributed by atoms with Gasteiger partial charge in [0.1, 0.15) is 23.7 Å². The summed E-state index contributed by atoms with van der Waals surface area (Å²) in [4.78, 5) is 23.7. The highest BCUT2D eigenvalue weighted by Gasteiger charge is 2.55. The lowest BCUT2D eigenvalue weighted by Crippen LogP contribution is -2.68. The summed E-state index contributed by atoms with van der Waals surface area (Å²) in [6.45, 7) is -1.23. The molecule has 1 fully saturated rings. The van der Waals surface area contributed by atoms with E-state index in [2.05, 4.69) is 0 Å². The van der Waals surface area contributed by atoms with Crippen molar-refractivity contribution in [1.82, 2.24) is 11.0 Å². The Bertz CT molecular complexity index is 751. The predicted octanol–water partition coefficient (Wildman–Crippen LogP) is -0.796. The SMILES string of the molecule is COc1ccc(S(=O)(=O)[N+]2(C(=O)NO)CCO[C@H](C(=O)NO)C2)cc1. The van der Waals surface area contributed by atoms with Crippen LogP contribution in [0.2, 0.25) is 0 Å². The number of ether oxygens (including phenoxy) is 2. The van der Waals surface area contributed by atoms with Crippen molar-refractivity contribution >= 4 is 22.0 Å². The van der Waals surface area contributed by atoms with Crippen LogP contribution in [-0.4, -0.2) is 67.6 Å². The van der Waals surface area contributed by atoms with E-state index in [1.54, 1.807) is 0 Å². The Balaban J connectivity index is 2.51. The molecule has 3 amide bonds. The number of amides is 3. The maximum atomic E-state index is 13.1. The minimum atomic E-state index is -4.37. The number of quaternary nitrogens is 1. The van der Waals surface area contributed by atoms with Crippen LogP contribution in [0.15, 0.2) is 29.2 Å². The molecular weight excluding hydrogens is 358 g/mol. The second-order valence-corrected chi connectivity index (χ2v) is 7.32. The van der Waals surface area contributed by atoms with E-state index in [9.17, 15) is 18.0 Å². The largest absolute Gasteiger partial charge is 0.497 e. The van der Waals surface area contributed by atoms with E-state index in [4.69, 9.17) is 19.9 Å². The minimum Gasteiger partial charge on any atom is -0.497 e. The lowest BCUT2D eigenvalue weighted by atomic mass is 10.2. The molecule has 1 unspecified atom stereocenters. The second-order valence-electron chi connectivity index (χ2n) is 5.20. The highest BCUT2D eigenvalue weighted by molar-refractivity contribution is 7.86. The number of carbonyl (C=O) groups is 2. The number of hydrogen-bond acceptors (Lipinski definition) is 8. The van der Waals surface area contributed by atoms with Crippen LogP contribution >= 0.6 is 0 Å².